The van der Waals surface area contributed by atoms with Gasteiger partial charge in [-0.3, -0.25) is 9.59 Å². The van der Waals surface area contributed by atoms with Gasteiger partial charge >= 0.3 is 0 Å². The number of hydrogen-bond donors (Lipinski definition) is 1. The summed E-state index contributed by atoms with van der Waals surface area (Å²) in [6, 6.07) is 6.55. The molecular formula is C22H24FNO3S. The first-order valence-electron chi connectivity index (χ1n) is 9.89. The third-order valence-electron chi connectivity index (χ3n) is 5.56. The fourth-order valence-electron chi connectivity index (χ4n) is 4.09. The van der Waals surface area contributed by atoms with Crippen molar-refractivity contribution in [2.45, 2.75) is 51.6 Å². The normalized spacial score (nSPS) is 19.1. The summed E-state index contributed by atoms with van der Waals surface area (Å²) in [6.45, 7) is 1.95. The highest BCUT2D eigenvalue weighted by Gasteiger charge is 2.29. The number of ether oxygens (including phenoxy) is 1. The van der Waals surface area contributed by atoms with Gasteiger partial charge in [-0.2, -0.15) is 0 Å². The lowest BCUT2D eigenvalue weighted by Crippen LogP contribution is -2.38. The average molecular weight is 402 g/mol. The molecule has 1 unspecified atom stereocenters. The Labute approximate surface area is 168 Å². The van der Waals surface area contributed by atoms with E-state index in [1.54, 1.807) is 6.07 Å². The topological polar surface area (TPSA) is 55.4 Å². The largest absolute Gasteiger partial charge is 0.487 e. The number of amides is 1. The molecule has 0 spiro atoms. The number of Topliss-reactive ketones (excluding diaryl/α,β-unsaturated/α-hetero) is 1. The molecule has 4 rings (SSSR count). The van der Waals surface area contributed by atoms with Crippen molar-refractivity contribution in [1.82, 2.24) is 5.32 Å². The van der Waals surface area contributed by atoms with E-state index in [2.05, 4.69) is 5.32 Å². The summed E-state index contributed by atoms with van der Waals surface area (Å²) >= 11 is 1.34. The van der Waals surface area contributed by atoms with E-state index >= 15 is 0 Å². The standard InChI is InChI=1S/C22H24FNO3S/c1-13(25)19-7-8-20(28-19)18-11-16(23)9-15-10-17(27-21(15)18)12-24-22(26)14-5-3-2-4-6-14/h7-9,11,14,17H,2-6,10,12H2,1H3,(H,24,26). The Bertz CT molecular complexity index is 901. The zero-order chi connectivity index (χ0) is 19.7. The summed E-state index contributed by atoms with van der Waals surface area (Å²) < 4.78 is 20.3. The van der Waals surface area contributed by atoms with Gasteiger partial charge in [-0.25, -0.2) is 4.39 Å². The van der Waals surface area contributed by atoms with Gasteiger partial charge in [0.15, 0.2) is 5.78 Å². The van der Waals surface area contributed by atoms with Crippen molar-refractivity contribution < 1.29 is 18.7 Å². The molecule has 2 aliphatic rings. The van der Waals surface area contributed by atoms with Crippen LogP contribution in [0.2, 0.25) is 0 Å². The Morgan fingerprint density at radius 2 is 2.00 bits per heavy atom. The van der Waals surface area contributed by atoms with Crippen LogP contribution < -0.4 is 10.1 Å². The van der Waals surface area contributed by atoms with Crippen LogP contribution >= 0.6 is 11.3 Å². The minimum Gasteiger partial charge on any atom is -0.487 e. The molecule has 0 radical (unpaired) electrons. The molecule has 148 valence electrons. The summed E-state index contributed by atoms with van der Waals surface area (Å²) in [6.07, 6.45) is 5.75. The van der Waals surface area contributed by atoms with Gasteiger partial charge in [0.1, 0.15) is 17.7 Å². The number of rotatable bonds is 5. The highest BCUT2D eigenvalue weighted by Crippen LogP contribution is 2.42. The molecule has 1 fully saturated rings. The summed E-state index contributed by atoms with van der Waals surface area (Å²) in [4.78, 5) is 25.4. The molecule has 1 N–H and O–H groups in total. The van der Waals surface area contributed by atoms with Crippen LogP contribution in [0.4, 0.5) is 4.39 Å². The molecule has 0 saturated heterocycles. The number of ketones is 1. The SMILES string of the molecule is CC(=O)c1ccc(-c2cc(F)cc3c2OC(CNC(=O)C2CCCCC2)C3)s1. The molecule has 1 aliphatic heterocycles. The molecule has 1 aliphatic carbocycles. The van der Waals surface area contributed by atoms with Gasteiger partial charge < -0.3 is 10.1 Å². The maximum atomic E-state index is 14.2. The lowest BCUT2D eigenvalue weighted by Gasteiger charge is -2.21. The van der Waals surface area contributed by atoms with E-state index in [1.807, 2.05) is 6.07 Å². The fourth-order valence-corrected chi connectivity index (χ4v) is 5.00. The molecule has 1 amide bonds. The monoisotopic (exact) mass is 401 g/mol. The van der Waals surface area contributed by atoms with E-state index in [9.17, 15) is 14.0 Å². The summed E-state index contributed by atoms with van der Waals surface area (Å²) in [5.74, 6) is 0.558. The number of carbonyl (C=O) groups is 2. The van der Waals surface area contributed by atoms with E-state index in [-0.39, 0.29) is 29.5 Å². The lowest BCUT2D eigenvalue weighted by molar-refractivity contribution is -0.126. The van der Waals surface area contributed by atoms with Crippen LogP contribution in [0, 0.1) is 11.7 Å². The van der Waals surface area contributed by atoms with Crippen molar-refractivity contribution in [2.24, 2.45) is 5.92 Å². The lowest BCUT2D eigenvalue weighted by atomic mass is 9.88. The molecule has 1 saturated carbocycles. The van der Waals surface area contributed by atoms with Crippen LogP contribution in [0.3, 0.4) is 0 Å². The smallest absolute Gasteiger partial charge is 0.223 e. The third-order valence-corrected chi connectivity index (χ3v) is 6.78. The molecule has 1 atom stereocenters. The Kier molecular flexibility index (Phi) is 5.49. The fraction of sp³-hybridized carbons (Fsp3) is 0.455. The van der Waals surface area contributed by atoms with E-state index in [0.717, 1.165) is 36.1 Å². The summed E-state index contributed by atoms with van der Waals surface area (Å²) in [7, 11) is 0. The van der Waals surface area contributed by atoms with Crippen LogP contribution in [-0.2, 0) is 11.2 Å². The molecule has 0 bridgehead atoms. The zero-order valence-corrected chi connectivity index (χ0v) is 16.7. The second kappa shape index (κ2) is 8.03. The van der Waals surface area contributed by atoms with Gasteiger partial charge in [0.2, 0.25) is 5.91 Å². The molecule has 2 aromatic rings. The number of benzene rings is 1. The molecule has 1 aromatic heterocycles. The molecule has 4 nitrogen and oxygen atoms in total. The molecular weight excluding hydrogens is 377 g/mol. The van der Waals surface area contributed by atoms with E-state index in [0.29, 0.717) is 29.2 Å². The van der Waals surface area contributed by atoms with Crippen molar-refractivity contribution in [1.29, 1.82) is 0 Å². The minimum absolute atomic E-state index is 0.00600. The predicted molar refractivity (Wildman–Crippen MR) is 107 cm³/mol. The van der Waals surface area contributed by atoms with E-state index < -0.39 is 0 Å². The number of halogens is 1. The number of thiophene rings is 1. The van der Waals surface area contributed by atoms with Crippen molar-refractivity contribution >= 4 is 23.0 Å². The Hall–Kier alpha value is -2.21. The van der Waals surface area contributed by atoms with Crippen molar-refractivity contribution in [3.05, 3.63) is 40.5 Å². The van der Waals surface area contributed by atoms with E-state index in [1.165, 1.54) is 36.8 Å². The van der Waals surface area contributed by atoms with Gasteiger partial charge in [0.25, 0.3) is 0 Å². The second-order valence-corrected chi connectivity index (χ2v) is 8.77. The maximum Gasteiger partial charge on any atom is 0.223 e. The van der Waals surface area contributed by atoms with Crippen LogP contribution in [0.25, 0.3) is 10.4 Å². The maximum absolute atomic E-state index is 14.2. The molecule has 28 heavy (non-hydrogen) atoms. The van der Waals surface area contributed by atoms with Gasteiger partial charge in [-0.1, -0.05) is 19.3 Å². The quantitative estimate of drug-likeness (QED) is 0.735. The van der Waals surface area contributed by atoms with Gasteiger partial charge in [0, 0.05) is 28.3 Å². The molecule has 2 heterocycles. The Morgan fingerprint density at radius 3 is 2.71 bits per heavy atom. The van der Waals surface area contributed by atoms with Crippen LogP contribution in [-0.4, -0.2) is 24.3 Å². The Balaban J connectivity index is 1.46. The first-order chi connectivity index (χ1) is 13.5. The average Bonchev–Trinajstić information content (AvgIpc) is 3.33. The van der Waals surface area contributed by atoms with Gasteiger partial charge in [0.05, 0.1) is 11.4 Å². The number of fused-ring (bicyclic) bond motifs is 1. The van der Waals surface area contributed by atoms with Crippen LogP contribution in [0.1, 0.15) is 54.3 Å². The summed E-state index contributed by atoms with van der Waals surface area (Å²) in [5.41, 5.74) is 1.48. The number of carbonyl (C=O) groups excluding carboxylic acids is 2. The second-order valence-electron chi connectivity index (χ2n) is 7.69. The van der Waals surface area contributed by atoms with Crippen molar-refractivity contribution in [3.8, 4) is 16.2 Å². The van der Waals surface area contributed by atoms with Crippen LogP contribution in [0.15, 0.2) is 24.3 Å². The molecule has 1 aromatic carbocycles. The first-order valence-corrected chi connectivity index (χ1v) is 10.7. The van der Waals surface area contributed by atoms with Crippen molar-refractivity contribution in [2.75, 3.05) is 6.54 Å². The van der Waals surface area contributed by atoms with Crippen molar-refractivity contribution in [3.63, 3.8) is 0 Å². The van der Waals surface area contributed by atoms with Crippen LogP contribution in [0.5, 0.6) is 5.75 Å². The van der Waals surface area contributed by atoms with E-state index in [4.69, 9.17) is 4.74 Å². The van der Waals surface area contributed by atoms with Gasteiger partial charge in [-0.15, -0.1) is 11.3 Å². The Morgan fingerprint density at radius 1 is 1.21 bits per heavy atom. The first kappa shape index (κ1) is 19.1. The minimum atomic E-state index is -0.318. The molecule has 6 heteroatoms. The highest BCUT2D eigenvalue weighted by atomic mass is 32.1. The summed E-state index contributed by atoms with van der Waals surface area (Å²) in [5, 5.41) is 3.02. The van der Waals surface area contributed by atoms with Gasteiger partial charge in [-0.05, 0) is 44.0 Å². The highest BCUT2D eigenvalue weighted by molar-refractivity contribution is 7.17. The number of hydrogen-bond acceptors (Lipinski definition) is 4. The third kappa shape index (κ3) is 3.97. The predicted octanol–water partition coefficient (Wildman–Crippen LogP) is 4.76. The zero-order valence-electron chi connectivity index (χ0n) is 15.9. The number of nitrogens with one attached hydrogen (secondary N) is 1.